The van der Waals surface area contributed by atoms with Gasteiger partial charge in [0.1, 0.15) is 13.1 Å². The van der Waals surface area contributed by atoms with Gasteiger partial charge in [0.2, 0.25) is 5.78 Å². The number of carbonyl (C=O) groups is 2. The number of nitrogens with zero attached hydrogens (tertiary/aromatic N) is 1. The normalized spacial score (nSPS) is 23.2. The first-order chi connectivity index (χ1) is 18.7. The molecule has 3 aromatic carbocycles. The highest BCUT2D eigenvalue weighted by Gasteiger charge is 2.49. The molecule has 3 aliphatic rings. The van der Waals surface area contributed by atoms with Gasteiger partial charge in [0, 0.05) is 36.6 Å². The fourth-order valence-electron chi connectivity index (χ4n) is 5.85. The SMILES string of the molecule is O=C(C[N+]12CCC(CC1)[C@@H](OC(=O)C(CNc1ccccc1)c1ccc(C(F)(F)F)cc1)C2)c1ccccc1. The van der Waals surface area contributed by atoms with Gasteiger partial charge in [-0.1, -0.05) is 60.7 Å². The summed E-state index contributed by atoms with van der Waals surface area (Å²) in [5, 5.41) is 3.22. The number of alkyl halides is 3. The number of fused-ring (bicyclic) bond motifs is 3. The molecule has 6 rings (SSSR count). The number of ether oxygens (including phenoxy) is 1. The van der Waals surface area contributed by atoms with Crippen LogP contribution in [-0.4, -0.2) is 55.1 Å². The van der Waals surface area contributed by atoms with Gasteiger partial charge in [0.15, 0.2) is 6.10 Å². The molecule has 0 amide bonds. The van der Waals surface area contributed by atoms with Crippen LogP contribution in [0.15, 0.2) is 84.9 Å². The minimum absolute atomic E-state index is 0.0794. The van der Waals surface area contributed by atoms with Crippen molar-refractivity contribution in [2.24, 2.45) is 5.92 Å². The minimum atomic E-state index is -4.46. The Balaban J connectivity index is 1.31. The van der Waals surface area contributed by atoms with Gasteiger partial charge < -0.3 is 14.5 Å². The maximum absolute atomic E-state index is 13.6. The quantitative estimate of drug-likeness (QED) is 0.209. The van der Waals surface area contributed by atoms with Gasteiger partial charge in [-0.3, -0.25) is 9.59 Å². The predicted octanol–water partition coefficient (Wildman–Crippen LogP) is 5.94. The summed E-state index contributed by atoms with van der Waals surface area (Å²) in [5.74, 6) is -0.960. The molecule has 0 aromatic heterocycles. The smallest absolute Gasteiger partial charge is 0.416 e. The topological polar surface area (TPSA) is 55.4 Å². The Labute approximate surface area is 226 Å². The van der Waals surface area contributed by atoms with Crippen LogP contribution < -0.4 is 5.32 Å². The molecule has 3 saturated heterocycles. The number of hydrogen-bond donors (Lipinski definition) is 1. The zero-order valence-electron chi connectivity index (χ0n) is 21.6. The van der Waals surface area contributed by atoms with Crippen LogP contribution >= 0.6 is 0 Å². The van der Waals surface area contributed by atoms with E-state index in [9.17, 15) is 22.8 Å². The van der Waals surface area contributed by atoms with E-state index in [1.807, 2.05) is 60.7 Å². The summed E-state index contributed by atoms with van der Waals surface area (Å²) in [6, 6.07) is 23.3. The zero-order valence-corrected chi connectivity index (χ0v) is 21.6. The fourth-order valence-corrected chi connectivity index (χ4v) is 5.85. The Hall–Kier alpha value is -3.65. The molecule has 1 N–H and O–H groups in total. The number of benzene rings is 3. The van der Waals surface area contributed by atoms with Crippen LogP contribution in [0.3, 0.4) is 0 Å². The van der Waals surface area contributed by atoms with Crippen LogP contribution in [-0.2, 0) is 15.7 Å². The van der Waals surface area contributed by atoms with E-state index in [4.69, 9.17) is 4.74 Å². The van der Waals surface area contributed by atoms with E-state index in [0.717, 1.165) is 43.8 Å². The first kappa shape index (κ1) is 26.9. The van der Waals surface area contributed by atoms with Gasteiger partial charge in [-0.25, -0.2) is 0 Å². The number of nitrogens with one attached hydrogen (secondary N) is 1. The number of halogens is 3. The van der Waals surface area contributed by atoms with E-state index in [1.165, 1.54) is 12.1 Å². The Morgan fingerprint density at radius 1 is 0.897 bits per heavy atom. The van der Waals surface area contributed by atoms with Crippen molar-refractivity contribution in [3.63, 3.8) is 0 Å². The number of carbonyl (C=O) groups excluding carboxylic acids is 2. The number of para-hydroxylation sites is 1. The molecule has 39 heavy (non-hydrogen) atoms. The van der Waals surface area contributed by atoms with E-state index in [-0.39, 0.29) is 24.3 Å². The van der Waals surface area contributed by atoms with Crippen molar-refractivity contribution >= 4 is 17.4 Å². The Morgan fingerprint density at radius 3 is 2.13 bits per heavy atom. The summed E-state index contributed by atoms with van der Waals surface area (Å²) in [5.41, 5.74) is 1.18. The van der Waals surface area contributed by atoms with Crippen molar-refractivity contribution in [3.8, 4) is 0 Å². The Morgan fingerprint density at radius 2 is 1.51 bits per heavy atom. The first-order valence-corrected chi connectivity index (χ1v) is 13.3. The molecular formula is C31H32F3N2O3+. The summed E-state index contributed by atoms with van der Waals surface area (Å²) in [6.45, 7) is 2.85. The molecule has 3 aromatic rings. The van der Waals surface area contributed by atoms with E-state index < -0.39 is 23.6 Å². The van der Waals surface area contributed by atoms with E-state index in [0.29, 0.717) is 28.7 Å². The highest BCUT2D eigenvalue weighted by molar-refractivity contribution is 5.97. The molecule has 0 radical (unpaired) electrons. The number of anilines is 1. The zero-order chi connectivity index (χ0) is 27.5. The van der Waals surface area contributed by atoms with Crippen molar-refractivity contribution in [3.05, 3.63) is 102 Å². The maximum Gasteiger partial charge on any atom is 0.416 e. The number of quaternary nitrogens is 1. The average Bonchev–Trinajstić information content (AvgIpc) is 2.94. The van der Waals surface area contributed by atoms with Crippen LogP contribution in [0, 0.1) is 5.92 Å². The van der Waals surface area contributed by atoms with Crippen LogP contribution in [0.1, 0.15) is 40.2 Å². The molecule has 2 bridgehead atoms. The number of rotatable bonds is 9. The standard InChI is InChI=1S/C31H32F3N2O3/c32-31(33,34)25-13-11-22(12-14-25)27(19-35-26-9-5-2-6-10-26)30(38)39-29-21-36(17-15-24(29)16-18-36)20-28(37)23-7-3-1-4-8-23/h1-14,24,27,29,35H,15-21H2/q+1/t24?,27?,29-,36?/m0/s1. The number of ketones is 1. The average molecular weight is 538 g/mol. The van der Waals surface area contributed by atoms with Crippen LogP contribution in [0.25, 0.3) is 0 Å². The van der Waals surface area contributed by atoms with Gasteiger partial charge in [-0.2, -0.15) is 13.2 Å². The van der Waals surface area contributed by atoms with Crippen LogP contribution in [0.5, 0.6) is 0 Å². The highest BCUT2D eigenvalue weighted by atomic mass is 19.4. The van der Waals surface area contributed by atoms with E-state index in [1.54, 1.807) is 0 Å². The summed E-state index contributed by atoms with van der Waals surface area (Å²) < 4.78 is 46.2. The fraction of sp³-hybridized carbons (Fsp3) is 0.355. The molecule has 3 aliphatic heterocycles. The molecule has 3 heterocycles. The molecule has 1 unspecified atom stereocenters. The lowest BCUT2D eigenvalue weighted by Gasteiger charge is -2.51. The lowest BCUT2D eigenvalue weighted by Crippen LogP contribution is -2.65. The third-order valence-corrected chi connectivity index (χ3v) is 8.09. The van der Waals surface area contributed by atoms with Gasteiger partial charge in [-0.15, -0.1) is 0 Å². The summed E-state index contributed by atoms with van der Waals surface area (Å²) in [7, 11) is 0. The second-order valence-electron chi connectivity index (χ2n) is 10.7. The van der Waals surface area contributed by atoms with E-state index in [2.05, 4.69) is 5.32 Å². The molecule has 204 valence electrons. The van der Waals surface area contributed by atoms with Gasteiger partial charge >= 0.3 is 12.1 Å². The summed E-state index contributed by atoms with van der Waals surface area (Å²) >= 11 is 0. The number of esters is 1. The third-order valence-electron chi connectivity index (χ3n) is 8.09. The monoisotopic (exact) mass is 537 g/mol. The lowest BCUT2D eigenvalue weighted by atomic mass is 9.82. The number of Topliss-reactive ketones (excluding diaryl/α,β-unsaturated/α-hetero) is 1. The molecule has 0 spiro atoms. The van der Waals surface area contributed by atoms with Gasteiger partial charge in [-0.05, 0) is 29.8 Å². The summed E-state index contributed by atoms with van der Waals surface area (Å²) in [4.78, 5) is 26.6. The molecule has 0 aliphatic carbocycles. The van der Waals surface area contributed by atoms with Gasteiger partial charge in [0.05, 0.1) is 24.6 Å². The molecule has 2 atom stereocenters. The van der Waals surface area contributed by atoms with Crippen LogP contribution in [0.2, 0.25) is 0 Å². The number of piperidine rings is 3. The second-order valence-corrected chi connectivity index (χ2v) is 10.7. The number of hydrogen-bond acceptors (Lipinski definition) is 4. The second kappa shape index (κ2) is 11.2. The van der Waals surface area contributed by atoms with E-state index >= 15 is 0 Å². The first-order valence-electron chi connectivity index (χ1n) is 13.3. The molecule has 0 saturated carbocycles. The summed E-state index contributed by atoms with van der Waals surface area (Å²) in [6.07, 6.45) is -3.06. The van der Waals surface area contributed by atoms with Gasteiger partial charge in [0.25, 0.3) is 0 Å². The third kappa shape index (κ3) is 6.33. The van der Waals surface area contributed by atoms with Crippen LogP contribution in [0.4, 0.5) is 18.9 Å². The largest absolute Gasteiger partial charge is 0.456 e. The molecule has 8 heteroatoms. The maximum atomic E-state index is 13.6. The van der Waals surface area contributed by atoms with Crippen molar-refractivity contribution in [1.29, 1.82) is 0 Å². The van der Waals surface area contributed by atoms with Crippen molar-refractivity contribution in [2.75, 3.05) is 38.0 Å². The van der Waals surface area contributed by atoms with Crippen molar-refractivity contribution < 1.29 is 32.0 Å². The lowest BCUT2D eigenvalue weighted by molar-refractivity contribution is -0.938. The van der Waals surface area contributed by atoms with Crippen molar-refractivity contribution in [2.45, 2.75) is 31.0 Å². The molecular weight excluding hydrogens is 505 g/mol. The Kier molecular flexibility index (Phi) is 7.75. The highest BCUT2D eigenvalue weighted by Crippen LogP contribution is 2.37. The molecule has 3 fully saturated rings. The van der Waals surface area contributed by atoms with Crippen molar-refractivity contribution in [1.82, 2.24) is 0 Å². The minimum Gasteiger partial charge on any atom is -0.456 e. The Bertz CT molecular complexity index is 1270. The molecule has 5 nitrogen and oxygen atoms in total. The predicted molar refractivity (Wildman–Crippen MR) is 142 cm³/mol.